The van der Waals surface area contributed by atoms with Crippen molar-refractivity contribution in [1.82, 2.24) is 10.3 Å². The van der Waals surface area contributed by atoms with Gasteiger partial charge in [-0.15, -0.1) is 0 Å². The Morgan fingerprint density at radius 1 is 1.00 bits per heavy atom. The topological polar surface area (TPSA) is 54.1 Å². The van der Waals surface area contributed by atoms with E-state index in [-0.39, 0.29) is 24.0 Å². The zero-order valence-electron chi connectivity index (χ0n) is 13.2. The number of carbonyl (C=O) groups is 1. The first kappa shape index (κ1) is 13.8. The summed E-state index contributed by atoms with van der Waals surface area (Å²) < 4.78 is 5.32. The van der Waals surface area contributed by atoms with Gasteiger partial charge in [0.05, 0.1) is 12.5 Å². The maximum Gasteiger partial charge on any atom is 0.306 e. The summed E-state index contributed by atoms with van der Waals surface area (Å²) in [5, 5.41) is 4.92. The Morgan fingerprint density at radius 3 is 2.67 bits per heavy atom. The van der Waals surface area contributed by atoms with E-state index in [2.05, 4.69) is 52.8 Å². The van der Waals surface area contributed by atoms with Gasteiger partial charge in [-0.05, 0) is 17.2 Å². The second-order valence-electron chi connectivity index (χ2n) is 6.61. The van der Waals surface area contributed by atoms with Crippen LogP contribution in [0, 0.1) is 0 Å². The molecule has 2 aliphatic rings. The Morgan fingerprint density at radius 2 is 1.79 bits per heavy atom. The van der Waals surface area contributed by atoms with E-state index < -0.39 is 0 Å². The molecule has 0 unspecified atom stereocenters. The number of H-pyrrole nitrogens is 1. The van der Waals surface area contributed by atoms with Gasteiger partial charge in [0.15, 0.2) is 0 Å². The zero-order chi connectivity index (χ0) is 16.1. The summed E-state index contributed by atoms with van der Waals surface area (Å²) in [5.74, 6) is 0.0600. The normalized spacial score (nSPS) is 25.8. The van der Waals surface area contributed by atoms with Gasteiger partial charge in [0.25, 0.3) is 0 Å². The molecule has 4 nitrogen and oxygen atoms in total. The smallest absolute Gasteiger partial charge is 0.306 e. The number of nitrogens with one attached hydrogen (secondary N) is 2. The van der Waals surface area contributed by atoms with E-state index in [1.165, 1.54) is 22.2 Å². The number of aromatic amines is 1. The van der Waals surface area contributed by atoms with E-state index in [1.54, 1.807) is 0 Å². The molecular weight excluding hydrogens is 300 g/mol. The van der Waals surface area contributed by atoms with Crippen LogP contribution in [0.25, 0.3) is 10.9 Å². The monoisotopic (exact) mass is 318 g/mol. The molecule has 2 aromatic carbocycles. The molecule has 0 amide bonds. The highest BCUT2D eigenvalue weighted by atomic mass is 16.5. The predicted molar refractivity (Wildman–Crippen MR) is 91.8 cm³/mol. The molecule has 3 aromatic rings. The van der Waals surface area contributed by atoms with Gasteiger partial charge in [-0.2, -0.15) is 0 Å². The van der Waals surface area contributed by atoms with Crippen molar-refractivity contribution in [2.24, 2.45) is 0 Å². The maximum atomic E-state index is 11.9. The van der Waals surface area contributed by atoms with Crippen molar-refractivity contribution in [3.05, 3.63) is 71.4 Å². The number of ether oxygens (including phenoxy) is 1. The second-order valence-corrected chi connectivity index (χ2v) is 6.61. The van der Waals surface area contributed by atoms with Crippen molar-refractivity contribution in [2.75, 3.05) is 6.61 Å². The fraction of sp³-hybridized carbons (Fsp3) is 0.250. The molecule has 0 radical (unpaired) electrons. The van der Waals surface area contributed by atoms with Crippen LogP contribution < -0.4 is 5.32 Å². The van der Waals surface area contributed by atoms with Crippen LogP contribution in [0.1, 0.15) is 35.2 Å². The van der Waals surface area contributed by atoms with Crippen LogP contribution in [0.5, 0.6) is 0 Å². The minimum atomic E-state index is -0.104. The molecule has 1 fully saturated rings. The molecule has 1 aromatic heterocycles. The molecule has 0 saturated carbocycles. The van der Waals surface area contributed by atoms with Crippen LogP contribution in [0.4, 0.5) is 0 Å². The van der Waals surface area contributed by atoms with Crippen LogP contribution in [0.2, 0.25) is 0 Å². The summed E-state index contributed by atoms with van der Waals surface area (Å²) in [7, 11) is 0. The highest BCUT2D eigenvalue weighted by molar-refractivity contribution is 5.87. The Kier molecular flexibility index (Phi) is 3.00. The summed E-state index contributed by atoms with van der Waals surface area (Å²) in [6.07, 6.45) is 0.439. The molecule has 2 N–H and O–H groups in total. The summed E-state index contributed by atoms with van der Waals surface area (Å²) in [6.45, 7) is 0.436. The lowest BCUT2D eigenvalue weighted by atomic mass is 9.79. The minimum absolute atomic E-state index is 0.0895. The fourth-order valence-electron chi connectivity index (χ4n) is 4.16. The van der Waals surface area contributed by atoms with Gasteiger partial charge < -0.3 is 9.72 Å². The van der Waals surface area contributed by atoms with Gasteiger partial charge in [-0.1, -0.05) is 48.5 Å². The first-order chi connectivity index (χ1) is 11.8. The largest absolute Gasteiger partial charge is 0.464 e. The highest BCUT2D eigenvalue weighted by Crippen LogP contribution is 2.43. The number of benzene rings is 2. The van der Waals surface area contributed by atoms with E-state index >= 15 is 0 Å². The number of aromatic nitrogens is 1. The average Bonchev–Trinajstić information content (AvgIpc) is 3.02. The summed E-state index contributed by atoms with van der Waals surface area (Å²) in [4.78, 5) is 15.5. The van der Waals surface area contributed by atoms with Gasteiger partial charge in [0.2, 0.25) is 0 Å². The number of hydrogen-bond donors (Lipinski definition) is 2. The Balaban J connectivity index is 1.73. The molecule has 24 heavy (non-hydrogen) atoms. The van der Waals surface area contributed by atoms with Crippen LogP contribution in [0.15, 0.2) is 54.6 Å². The molecule has 5 rings (SSSR count). The van der Waals surface area contributed by atoms with Crippen molar-refractivity contribution >= 4 is 16.9 Å². The zero-order valence-corrected chi connectivity index (χ0v) is 13.2. The maximum absolute atomic E-state index is 11.9. The average molecular weight is 318 g/mol. The summed E-state index contributed by atoms with van der Waals surface area (Å²) in [5.41, 5.74) is 4.81. The predicted octanol–water partition coefficient (Wildman–Crippen LogP) is 3.26. The van der Waals surface area contributed by atoms with Gasteiger partial charge in [-0.25, -0.2) is 0 Å². The molecule has 120 valence electrons. The summed E-state index contributed by atoms with van der Waals surface area (Å²) >= 11 is 0. The molecule has 0 spiro atoms. The standard InChI is InChI=1S/C20H18N2O2/c23-17-10-14-16(11-24-17)22-19(12-6-2-1-3-7-12)20-18(14)13-8-4-5-9-15(13)21-20/h1-9,14,16,19,21-22H,10-11H2/t14-,16-,19-/m0/s1. The lowest BCUT2D eigenvalue weighted by molar-refractivity contribution is -0.149. The number of para-hydroxylation sites is 1. The SMILES string of the molecule is O=C1C[C@@H]2c3c([nH]c4ccccc34)[C@H](c3ccccc3)N[C@H]2CO1. The van der Waals surface area contributed by atoms with Crippen LogP contribution >= 0.6 is 0 Å². The molecule has 1 saturated heterocycles. The number of esters is 1. The Bertz CT molecular complexity index is 916. The van der Waals surface area contributed by atoms with Crippen molar-refractivity contribution in [1.29, 1.82) is 0 Å². The minimum Gasteiger partial charge on any atom is -0.464 e. The fourth-order valence-corrected chi connectivity index (χ4v) is 4.16. The van der Waals surface area contributed by atoms with Gasteiger partial charge in [0.1, 0.15) is 6.61 Å². The Hall–Kier alpha value is -2.59. The van der Waals surface area contributed by atoms with Crippen LogP contribution in [-0.2, 0) is 9.53 Å². The molecular formula is C20H18N2O2. The van der Waals surface area contributed by atoms with Crippen LogP contribution in [-0.4, -0.2) is 23.6 Å². The van der Waals surface area contributed by atoms with Gasteiger partial charge >= 0.3 is 5.97 Å². The number of cyclic esters (lactones) is 1. The quantitative estimate of drug-likeness (QED) is 0.677. The van der Waals surface area contributed by atoms with E-state index in [0.717, 1.165) is 5.52 Å². The van der Waals surface area contributed by atoms with E-state index in [9.17, 15) is 4.79 Å². The number of carbonyl (C=O) groups excluding carboxylic acids is 1. The molecule has 4 heteroatoms. The molecule has 3 heterocycles. The number of rotatable bonds is 1. The molecule has 0 aliphatic carbocycles. The van der Waals surface area contributed by atoms with Gasteiger partial charge in [0, 0.05) is 28.6 Å². The van der Waals surface area contributed by atoms with Gasteiger partial charge in [-0.3, -0.25) is 10.1 Å². The first-order valence-electron chi connectivity index (χ1n) is 8.38. The van der Waals surface area contributed by atoms with Crippen LogP contribution in [0.3, 0.4) is 0 Å². The first-order valence-corrected chi connectivity index (χ1v) is 8.38. The number of fused-ring (bicyclic) bond motifs is 5. The van der Waals surface area contributed by atoms with E-state index in [1.807, 2.05) is 12.1 Å². The Labute approximate surface area is 139 Å². The highest BCUT2D eigenvalue weighted by Gasteiger charge is 2.41. The third kappa shape index (κ3) is 2.00. The van der Waals surface area contributed by atoms with E-state index in [0.29, 0.717) is 13.0 Å². The van der Waals surface area contributed by atoms with Crippen molar-refractivity contribution < 1.29 is 9.53 Å². The third-order valence-electron chi connectivity index (χ3n) is 5.25. The van der Waals surface area contributed by atoms with Crippen molar-refractivity contribution in [2.45, 2.75) is 24.4 Å². The lowest BCUT2D eigenvalue weighted by Crippen LogP contribution is -2.49. The third-order valence-corrected chi connectivity index (χ3v) is 5.25. The number of hydrogen-bond acceptors (Lipinski definition) is 3. The van der Waals surface area contributed by atoms with Crippen molar-refractivity contribution in [3.63, 3.8) is 0 Å². The lowest BCUT2D eigenvalue weighted by Gasteiger charge is -2.40. The second kappa shape index (κ2) is 5.21. The molecule has 2 aliphatic heterocycles. The molecule has 3 atom stereocenters. The molecule has 0 bridgehead atoms. The van der Waals surface area contributed by atoms with E-state index in [4.69, 9.17) is 4.74 Å². The summed E-state index contributed by atoms with van der Waals surface area (Å²) in [6, 6.07) is 19.0. The van der Waals surface area contributed by atoms with Crippen molar-refractivity contribution in [3.8, 4) is 0 Å².